The van der Waals surface area contributed by atoms with Crippen molar-refractivity contribution in [3.05, 3.63) is 11.8 Å². The molecule has 0 spiro atoms. The Balaban J connectivity index is 1.83. The summed E-state index contributed by atoms with van der Waals surface area (Å²) in [7, 11) is 5.78. The monoisotopic (exact) mass is 252 g/mol. The predicted octanol–water partition coefficient (Wildman–Crippen LogP) is 1.00. The van der Waals surface area contributed by atoms with Gasteiger partial charge in [0.1, 0.15) is 0 Å². The quantitative estimate of drug-likeness (QED) is 0.868. The number of aryl methyl sites for hydroxylation is 1. The third kappa shape index (κ3) is 3.46. The zero-order chi connectivity index (χ0) is 13.0. The van der Waals surface area contributed by atoms with Gasteiger partial charge in [-0.2, -0.15) is 5.10 Å². The van der Waals surface area contributed by atoms with E-state index in [1.165, 1.54) is 32.4 Å². The van der Waals surface area contributed by atoms with Gasteiger partial charge in [-0.1, -0.05) is 0 Å². The molecule has 5 heteroatoms. The van der Waals surface area contributed by atoms with Gasteiger partial charge >= 0.3 is 0 Å². The number of nitrogens with one attached hydrogen (secondary N) is 1. The molecule has 1 aromatic rings. The van der Waals surface area contributed by atoms with E-state index >= 15 is 0 Å². The predicted molar refractivity (Wildman–Crippen MR) is 71.7 cm³/mol. The smallest absolute Gasteiger partial charge is 0.211 e. The summed E-state index contributed by atoms with van der Waals surface area (Å²) in [6.45, 7) is 3.23. The molecule has 1 aromatic heterocycles. The van der Waals surface area contributed by atoms with E-state index in [0.717, 1.165) is 18.1 Å². The second-order valence-corrected chi connectivity index (χ2v) is 5.11. The lowest BCUT2D eigenvalue weighted by atomic mass is 10.1. The van der Waals surface area contributed by atoms with Gasteiger partial charge in [0.05, 0.1) is 12.8 Å². The summed E-state index contributed by atoms with van der Waals surface area (Å²) in [5.41, 5.74) is 1.05. The van der Waals surface area contributed by atoms with Crippen molar-refractivity contribution in [1.29, 1.82) is 0 Å². The fraction of sp³-hybridized carbons (Fsp3) is 0.769. The van der Waals surface area contributed by atoms with Gasteiger partial charge < -0.3 is 15.0 Å². The summed E-state index contributed by atoms with van der Waals surface area (Å²) in [6, 6.07) is 2.61. The van der Waals surface area contributed by atoms with Gasteiger partial charge in [0, 0.05) is 25.7 Å². The molecule has 1 aliphatic heterocycles. The average Bonchev–Trinajstić information content (AvgIpc) is 2.58. The van der Waals surface area contributed by atoms with E-state index in [2.05, 4.69) is 22.4 Å². The first-order valence-corrected chi connectivity index (χ1v) is 6.68. The van der Waals surface area contributed by atoms with Gasteiger partial charge in [-0.05, 0) is 39.4 Å². The molecule has 1 fully saturated rings. The first-order chi connectivity index (χ1) is 8.69. The van der Waals surface area contributed by atoms with Crippen LogP contribution < -0.4 is 10.1 Å². The van der Waals surface area contributed by atoms with Crippen molar-refractivity contribution in [2.45, 2.75) is 31.8 Å². The maximum atomic E-state index is 5.22. The Bertz CT molecular complexity index is 377. The van der Waals surface area contributed by atoms with Crippen molar-refractivity contribution in [1.82, 2.24) is 20.0 Å². The molecule has 0 bridgehead atoms. The molecule has 1 N–H and O–H groups in total. The summed E-state index contributed by atoms with van der Waals surface area (Å²) >= 11 is 0. The highest BCUT2D eigenvalue weighted by Crippen LogP contribution is 2.13. The standard InChI is InChI=1S/C13H24N4O/c1-16-7-4-5-11(6-8-16)14-10-12-9-13(18-3)17(2)15-12/h9,11,14H,4-8,10H2,1-3H3. The number of likely N-dealkylation sites (tertiary alicyclic amines) is 1. The van der Waals surface area contributed by atoms with Crippen molar-refractivity contribution in [3.8, 4) is 5.88 Å². The van der Waals surface area contributed by atoms with Gasteiger partial charge in [0.15, 0.2) is 0 Å². The van der Waals surface area contributed by atoms with Gasteiger partial charge in [-0.25, -0.2) is 4.68 Å². The Hall–Kier alpha value is -1.07. The van der Waals surface area contributed by atoms with Crippen LogP contribution in [0.5, 0.6) is 5.88 Å². The molecule has 1 saturated heterocycles. The van der Waals surface area contributed by atoms with Crippen LogP contribution in [-0.2, 0) is 13.6 Å². The van der Waals surface area contributed by atoms with E-state index < -0.39 is 0 Å². The number of methoxy groups -OCH3 is 1. The van der Waals surface area contributed by atoms with Crippen LogP contribution in [0, 0.1) is 0 Å². The fourth-order valence-corrected chi connectivity index (χ4v) is 2.48. The SMILES string of the molecule is COc1cc(CNC2CCCN(C)CC2)nn1C. The van der Waals surface area contributed by atoms with Gasteiger partial charge in [-0.15, -0.1) is 0 Å². The zero-order valence-electron chi connectivity index (χ0n) is 11.6. The van der Waals surface area contributed by atoms with Gasteiger partial charge in [0.25, 0.3) is 0 Å². The number of ether oxygens (including phenoxy) is 1. The highest BCUT2D eigenvalue weighted by Gasteiger charge is 2.14. The molecule has 2 rings (SSSR count). The van der Waals surface area contributed by atoms with E-state index in [0.29, 0.717) is 6.04 Å². The first kappa shape index (κ1) is 13.4. The molecular formula is C13H24N4O. The minimum atomic E-state index is 0.614. The largest absolute Gasteiger partial charge is 0.481 e. The Morgan fingerprint density at radius 3 is 2.94 bits per heavy atom. The van der Waals surface area contributed by atoms with Crippen molar-refractivity contribution in [2.75, 3.05) is 27.2 Å². The highest BCUT2D eigenvalue weighted by molar-refractivity contribution is 5.15. The summed E-state index contributed by atoms with van der Waals surface area (Å²) in [4.78, 5) is 2.41. The van der Waals surface area contributed by atoms with Crippen LogP contribution in [0.2, 0.25) is 0 Å². The van der Waals surface area contributed by atoms with Crippen LogP contribution >= 0.6 is 0 Å². The lowest BCUT2D eigenvalue weighted by Gasteiger charge is -2.15. The second-order valence-electron chi connectivity index (χ2n) is 5.11. The van der Waals surface area contributed by atoms with Gasteiger partial charge in [-0.3, -0.25) is 0 Å². The zero-order valence-corrected chi connectivity index (χ0v) is 11.6. The number of hydrogen-bond donors (Lipinski definition) is 1. The van der Waals surface area contributed by atoms with Crippen LogP contribution in [0.15, 0.2) is 6.07 Å². The molecule has 0 amide bonds. The van der Waals surface area contributed by atoms with Crippen LogP contribution in [0.25, 0.3) is 0 Å². The molecule has 0 aliphatic carbocycles. The Labute approximate surface area is 109 Å². The third-order valence-electron chi connectivity index (χ3n) is 3.62. The van der Waals surface area contributed by atoms with E-state index in [4.69, 9.17) is 4.74 Å². The van der Waals surface area contributed by atoms with Crippen LogP contribution in [0.3, 0.4) is 0 Å². The maximum absolute atomic E-state index is 5.22. The normalized spacial score (nSPS) is 21.8. The van der Waals surface area contributed by atoms with Crippen LogP contribution in [0.4, 0.5) is 0 Å². The molecule has 0 saturated carbocycles. The summed E-state index contributed by atoms with van der Waals surface area (Å²) in [6.07, 6.45) is 3.76. The van der Waals surface area contributed by atoms with Crippen molar-refractivity contribution < 1.29 is 4.74 Å². The summed E-state index contributed by atoms with van der Waals surface area (Å²) in [5, 5.41) is 8.03. The minimum Gasteiger partial charge on any atom is -0.481 e. The first-order valence-electron chi connectivity index (χ1n) is 6.68. The lowest BCUT2D eigenvalue weighted by Crippen LogP contribution is -2.30. The van der Waals surface area contributed by atoms with E-state index in [1.807, 2.05) is 13.1 Å². The molecule has 1 aliphatic rings. The van der Waals surface area contributed by atoms with E-state index in [9.17, 15) is 0 Å². The molecule has 5 nitrogen and oxygen atoms in total. The van der Waals surface area contributed by atoms with Gasteiger partial charge in [0.2, 0.25) is 5.88 Å². The number of aromatic nitrogens is 2. The molecule has 2 heterocycles. The fourth-order valence-electron chi connectivity index (χ4n) is 2.48. The lowest BCUT2D eigenvalue weighted by molar-refractivity contribution is 0.343. The minimum absolute atomic E-state index is 0.614. The second kappa shape index (κ2) is 6.20. The van der Waals surface area contributed by atoms with E-state index in [1.54, 1.807) is 11.8 Å². The molecular weight excluding hydrogens is 228 g/mol. The summed E-state index contributed by atoms with van der Waals surface area (Å²) < 4.78 is 6.99. The van der Waals surface area contributed by atoms with E-state index in [-0.39, 0.29) is 0 Å². The van der Waals surface area contributed by atoms with Crippen LogP contribution in [-0.4, -0.2) is 48.0 Å². The molecule has 1 atom stereocenters. The number of hydrogen-bond acceptors (Lipinski definition) is 4. The Morgan fingerprint density at radius 1 is 1.39 bits per heavy atom. The average molecular weight is 252 g/mol. The number of rotatable bonds is 4. The number of nitrogens with zero attached hydrogens (tertiary/aromatic N) is 3. The topological polar surface area (TPSA) is 42.3 Å². The molecule has 1 unspecified atom stereocenters. The molecule has 0 radical (unpaired) electrons. The molecule has 102 valence electrons. The van der Waals surface area contributed by atoms with Crippen molar-refractivity contribution in [2.24, 2.45) is 7.05 Å². The Morgan fingerprint density at radius 2 is 2.22 bits per heavy atom. The van der Waals surface area contributed by atoms with Crippen molar-refractivity contribution in [3.63, 3.8) is 0 Å². The Kier molecular flexibility index (Phi) is 4.60. The highest BCUT2D eigenvalue weighted by atomic mass is 16.5. The molecule has 18 heavy (non-hydrogen) atoms. The summed E-state index contributed by atoms with van der Waals surface area (Å²) in [5.74, 6) is 0.812. The maximum Gasteiger partial charge on any atom is 0.211 e. The molecule has 0 aromatic carbocycles. The third-order valence-corrected chi connectivity index (χ3v) is 3.62. The van der Waals surface area contributed by atoms with Crippen molar-refractivity contribution >= 4 is 0 Å². The van der Waals surface area contributed by atoms with Crippen LogP contribution in [0.1, 0.15) is 25.0 Å².